The van der Waals surface area contributed by atoms with Crippen LogP contribution < -0.4 is 5.56 Å². The van der Waals surface area contributed by atoms with E-state index in [-0.39, 0.29) is 5.56 Å². The molecule has 0 atom stereocenters. The number of thiazole rings is 1. The van der Waals surface area contributed by atoms with Crippen LogP contribution in [0.2, 0.25) is 0 Å². The molecule has 7 nitrogen and oxygen atoms in total. The molecule has 4 heterocycles. The van der Waals surface area contributed by atoms with Gasteiger partial charge in [0.05, 0.1) is 21.1 Å². The largest absolute Gasteiger partial charge is 0.294 e. The smallest absolute Gasteiger partial charge is 0.269 e. The zero-order chi connectivity index (χ0) is 29.9. The highest BCUT2D eigenvalue weighted by Gasteiger charge is 2.21. The van der Waals surface area contributed by atoms with Crippen molar-refractivity contribution < 1.29 is 0 Å². The maximum Gasteiger partial charge on any atom is 0.269 e. The Morgan fingerprint density at radius 1 is 0.533 bits per heavy atom. The molecule has 0 bridgehead atoms. The van der Waals surface area contributed by atoms with Crippen LogP contribution in [0.5, 0.6) is 0 Å². The summed E-state index contributed by atoms with van der Waals surface area (Å²) in [5.41, 5.74) is 5.83. The second-order valence-electron chi connectivity index (χ2n) is 10.7. The topological polar surface area (TPSA) is 78.0 Å². The maximum atomic E-state index is 14.1. The van der Waals surface area contributed by atoms with Crippen molar-refractivity contribution in [1.82, 2.24) is 28.9 Å². The standard InChI is InChI=1S/C37H22N6OS/c44-36-31-27-18-7-8-19-28(27)42(35(31)41-37-43(36)29-20-9-10-21-30(29)45-37)26-17-11-16-25(22-26)34-39-32(23-12-3-1-4-13-23)38-33(40-34)24-14-5-2-6-15-24/h1-22H. The van der Waals surface area contributed by atoms with Crippen LogP contribution in [0.3, 0.4) is 0 Å². The SMILES string of the molecule is O=c1c2c3ccccc3n(-c3cccc(-c4nc(-c5ccccc5)nc(-c5ccccc5)n4)c3)c2nc2sc3ccccc3n12. The highest BCUT2D eigenvalue weighted by atomic mass is 32.1. The van der Waals surface area contributed by atoms with Gasteiger partial charge in [0, 0.05) is 27.8 Å². The third-order valence-electron chi connectivity index (χ3n) is 8.03. The summed E-state index contributed by atoms with van der Waals surface area (Å²) in [6, 6.07) is 43.9. The Bertz CT molecular complexity index is 2570. The summed E-state index contributed by atoms with van der Waals surface area (Å²) in [5.74, 6) is 1.76. The minimum atomic E-state index is -0.0731. The summed E-state index contributed by atoms with van der Waals surface area (Å²) in [6.45, 7) is 0. The van der Waals surface area contributed by atoms with Gasteiger partial charge in [-0.25, -0.2) is 19.9 Å². The average Bonchev–Trinajstić information content (AvgIpc) is 3.65. The fraction of sp³-hybridized carbons (Fsp3) is 0. The lowest BCUT2D eigenvalue weighted by Gasteiger charge is -2.11. The van der Waals surface area contributed by atoms with E-state index >= 15 is 0 Å². The molecule has 0 aliphatic carbocycles. The first-order valence-electron chi connectivity index (χ1n) is 14.5. The van der Waals surface area contributed by atoms with Gasteiger partial charge in [0.25, 0.3) is 5.56 Å². The molecule has 0 spiro atoms. The molecule has 0 unspecified atom stereocenters. The van der Waals surface area contributed by atoms with Crippen LogP contribution in [0.25, 0.3) is 77.0 Å². The Kier molecular flexibility index (Phi) is 5.69. The number of hydrogen-bond acceptors (Lipinski definition) is 6. The molecule has 8 heteroatoms. The van der Waals surface area contributed by atoms with Crippen molar-refractivity contribution in [3.05, 3.63) is 144 Å². The van der Waals surface area contributed by atoms with E-state index in [1.165, 1.54) is 11.3 Å². The number of fused-ring (bicyclic) bond motifs is 6. The molecule has 0 saturated carbocycles. The van der Waals surface area contributed by atoms with Crippen molar-refractivity contribution in [1.29, 1.82) is 0 Å². The van der Waals surface area contributed by atoms with E-state index in [9.17, 15) is 4.79 Å². The molecule has 0 N–H and O–H groups in total. The first-order chi connectivity index (χ1) is 22.2. The van der Waals surface area contributed by atoms with Crippen LogP contribution in [-0.4, -0.2) is 28.9 Å². The fourth-order valence-corrected chi connectivity index (χ4v) is 6.98. The van der Waals surface area contributed by atoms with Gasteiger partial charge in [-0.1, -0.05) is 114 Å². The van der Waals surface area contributed by atoms with E-state index in [2.05, 4.69) is 10.6 Å². The quantitative estimate of drug-likeness (QED) is 0.204. The highest BCUT2D eigenvalue weighted by Crippen LogP contribution is 2.33. The van der Waals surface area contributed by atoms with Crippen molar-refractivity contribution in [2.75, 3.05) is 0 Å². The number of para-hydroxylation sites is 2. The summed E-state index contributed by atoms with van der Waals surface area (Å²) in [5, 5.41) is 1.45. The van der Waals surface area contributed by atoms with Crippen LogP contribution in [0.15, 0.2) is 138 Å². The second-order valence-corrected chi connectivity index (χ2v) is 11.8. The summed E-state index contributed by atoms with van der Waals surface area (Å²) in [4.78, 5) is 34.6. The van der Waals surface area contributed by atoms with Crippen LogP contribution in [0, 0.1) is 0 Å². The number of rotatable bonds is 4. The Labute approximate surface area is 260 Å². The first-order valence-corrected chi connectivity index (χ1v) is 15.4. The van der Waals surface area contributed by atoms with Crippen molar-refractivity contribution in [3.8, 4) is 39.9 Å². The summed E-state index contributed by atoms with van der Waals surface area (Å²) in [6.07, 6.45) is 0. The van der Waals surface area contributed by atoms with Crippen molar-refractivity contribution >= 4 is 48.5 Å². The monoisotopic (exact) mass is 598 g/mol. The van der Waals surface area contributed by atoms with E-state index in [1.54, 1.807) is 4.40 Å². The maximum absolute atomic E-state index is 14.1. The van der Waals surface area contributed by atoms with E-state index in [1.807, 2.05) is 127 Å². The molecule has 0 fully saturated rings. The number of benzene rings is 5. The molecule has 0 aliphatic rings. The lowest BCUT2D eigenvalue weighted by Crippen LogP contribution is -2.13. The van der Waals surface area contributed by atoms with Gasteiger partial charge >= 0.3 is 0 Å². The van der Waals surface area contributed by atoms with E-state index in [0.717, 1.165) is 43.5 Å². The third-order valence-corrected chi connectivity index (χ3v) is 9.05. The number of aromatic nitrogens is 6. The van der Waals surface area contributed by atoms with Gasteiger partial charge in [-0.3, -0.25) is 13.8 Å². The molecular weight excluding hydrogens is 577 g/mol. The van der Waals surface area contributed by atoms with Crippen molar-refractivity contribution in [2.45, 2.75) is 0 Å². The molecule has 0 amide bonds. The van der Waals surface area contributed by atoms with Crippen LogP contribution in [0.4, 0.5) is 0 Å². The third kappa shape index (κ3) is 4.07. The summed E-state index contributed by atoms with van der Waals surface area (Å²) in [7, 11) is 0. The molecule has 0 saturated heterocycles. The van der Waals surface area contributed by atoms with Gasteiger partial charge in [0.2, 0.25) is 0 Å². The molecule has 9 aromatic rings. The molecule has 0 radical (unpaired) electrons. The lowest BCUT2D eigenvalue weighted by molar-refractivity contribution is 1.07. The van der Waals surface area contributed by atoms with Gasteiger partial charge < -0.3 is 0 Å². The number of hydrogen-bond donors (Lipinski definition) is 0. The lowest BCUT2D eigenvalue weighted by atomic mass is 10.1. The van der Waals surface area contributed by atoms with Crippen molar-refractivity contribution in [2.24, 2.45) is 0 Å². The molecule has 45 heavy (non-hydrogen) atoms. The van der Waals surface area contributed by atoms with Crippen LogP contribution >= 0.6 is 11.3 Å². The highest BCUT2D eigenvalue weighted by molar-refractivity contribution is 7.23. The average molecular weight is 599 g/mol. The Morgan fingerprint density at radius 3 is 1.82 bits per heavy atom. The van der Waals surface area contributed by atoms with Gasteiger partial charge in [-0.05, 0) is 30.3 Å². The molecular formula is C37H22N6OS. The summed E-state index contributed by atoms with van der Waals surface area (Å²) >= 11 is 1.52. The van der Waals surface area contributed by atoms with Gasteiger partial charge in [0.1, 0.15) is 0 Å². The zero-order valence-corrected chi connectivity index (χ0v) is 24.5. The summed E-state index contributed by atoms with van der Waals surface area (Å²) < 4.78 is 4.82. The fourth-order valence-electron chi connectivity index (χ4n) is 5.97. The molecule has 5 aromatic carbocycles. The molecule has 0 aliphatic heterocycles. The van der Waals surface area contributed by atoms with Gasteiger partial charge in [-0.2, -0.15) is 0 Å². The molecule has 9 rings (SSSR count). The van der Waals surface area contributed by atoms with E-state index < -0.39 is 0 Å². The van der Waals surface area contributed by atoms with E-state index in [4.69, 9.17) is 19.9 Å². The second kappa shape index (κ2) is 10.0. The van der Waals surface area contributed by atoms with Crippen LogP contribution in [-0.2, 0) is 0 Å². The van der Waals surface area contributed by atoms with Crippen molar-refractivity contribution in [3.63, 3.8) is 0 Å². The Hall–Kier alpha value is -5.99. The zero-order valence-electron chi connectivity index (χ0n) is 23.7. The predicted molar refractivity (Wildman–Crippen MR) is 181 cm³/mol. The molecule has 4 aromatic heterocycles. The molecule has 212 valence electrons. The predicted octanol–water partition coefficient (Wildman–Crippen LogP) is 8.19. The van der Waals surface area contributed by atoms with Gasteiger partial charge in [-0.15, -0.1) is 0 Å². The Balaban J connectivity index is 1.29. The minimum Gasteiger partial charge on any atom is -0.294 e. The Morgan fingerprint density at radius 2 is 1.11 bits per heavy atom. The first kappa shape index (κ1) is 25.5. The number of nitrogens with zero attached hydrogens (tertiary/aromatic N) is 6. The minimum absolute atomic E-state index is 0.0731. The van der Waals surface area contributed by atoms with Gasteiger partial charge in [0.15, 0.2) is 28.1 Å². The normalized spacial score (nSPS) is 11.6. The van der Waals surface area contributed by atoms with E-state index in [0.29, 0.717) is 33.5 Å². The van der Waals surface area contributed by atoms with Crippen LogP contribution in [0.1, 0.15) is 0 Å².